The fourth-order valence-electron chi connectivity index (χ4n) is 3.48. The van der Waals surface area contributed by atoms with Crippen LogP contribution in [0.3, 0.4) is 0 Å². The second-order valence-corrected chi connectivity index (χ2v) is 7.10. The monoisotopic (exact) mass is 413 g/mol. The van der Waals surface area contributed by atoms with Crippen LogP contribution >= 0.6 is 15.9 Å². The Bertz CT molecular complexity index is 896. The van der Waals surface area contributed by atoms with E-state index in [2.05, 4.69) is 27.3 Å². The van der Waals surface area contributed by atoms with Gasteiger partial charge in [0.2, 0.25) is 11.8 Å². The summed E-state index contributed by atoms with van der Waals surface area (Å²) in [5, 5.41) is 23.5. The van der Waals surface area contributed by atoms with Gasteiger partial charge in [-0.1, -0.05) is 58.4 Å². The first kappa shape index (κ1) is 18.1. The molecule has 1 aliphatic rings. The number of amides is 2. The van der Waals surface area contributed by atoms with Gasteiger partial charge in [-0.3, -0.25) is 9.59 Å². The number of carbonyl (C=O) groups is 2. The molecule has 2 amide bonds. The first-order valence-corrected chi connectivity index (χ1v) is 8.72. The van der Waals surface area contributed by atoms with Gasteiger partial charge in [0, 0.05) is 16.0 Å². The zero-order valence-electron chi connectivity index (χ0n) is 13.6. The number of piperidine rings is 1. The zero-order valence-corrected chi connectivity index (χ0v) is 15.2. The van der Waals surface area contributed by atoms with Crippen molar-refractivity contribution in [2.75, 3.05) is 0 Å². The van der Waals surface area contributed by atoms with E-state index in [1.807, 2.05) is 0 Å². The molecule has 4 N–H and O–H groups in total. The maximum Gasteiger partial charge on any atom is 0.235 e. The van der Waals surface area contributed by atoms with Crippen LogP contribution in [0.4, 0.5) is 0 Å². The highest BCUT2D eigenvalue weighted by Gasteiger charge is 2.55. The molecule has 132 valence electrons. The average molecular weight is 414 g/mol. The lowest BCUT2D eigenvalue weighted by Gasteiger charge is -2.44. The molecule has 0 unspecified atom stereocenters. The van der Waals surface area contributed by atoms with Gasteiger partial charge >= 0.3 is 0 Å². The molecule has 6 nitrogen and oxygen atoms in total. The van der Waals surface area contributed by atoms with Crippen molar-refractivity contribution in [3.05, 3.63) is 70.2 Å². The highest BCUT2D eigenvalue weighted by molar-refractivity contribution is 9.10. The summed E-state index contributed by atoms with van der Waals surface area (Å²) in [6.45, 7) is 0. The van der Waals surface area contributed by atoms with Crippen molar-refractivity contribution in [2.24, 2.45) is 17.6 Å². The molecule has 0 bridgehead atoms. The van der Waals surface area contributed by atoms with Crippen LogP contribution in [-0.2, 0) is 15.3 Å². The molecule has 1 saturated heterocycles. The van der Waals surface area contributed by atoms with Crippen molar-refractivity contribution in [3.63, 3.8) is 0 Å². The average Bonchev–Trinajstić information content (AvgIpc) is 2.61. The summed E-state index contributed by atoms with van der Waals surface area (Å²) < 4.78 is 0.726. The van der Waals surface area contributed by atoms with Crippen molar-refractivity contribution in [3.8, 4) is 6.07 Å². The van der Waals surface area contributed by atoms with Crippen LogP contribution in [-0.4, -0.2) is 16.9 Å². The number of benzene rings is 2. The molecule has 0 spiro atoms. The molecule has 2 aromatic rings. The molecule has 1 heterocycles. The Labute approximate surface area is 158 Å². The summed E-state index contributed by atoms with van der Waals surface area (Å²) >= 11 is 3.35. The molecule has 4 atom stereocenters. The largest absolute Gasteiger partial charge is 0.369 e. The maximum atomic E-state index is 12.7. The first-order chi connectivity index (χ1) is 12.4. The van der Waals surface area contributed by atoms with Crippen LogP contribution in [0.15, 0.2) is 59.1 Å². The quantitative estimate of drug-likeness (QED) is 0.664. The minimum atomic E-state index is -1.94. The third kappa shape index (κ3) is 2.98. The minimum Gasteiger partial charge on any atom is -0.369 e. The number of nitrogens with zero attached hydrogens (tertiary/aromatic N) is 1. The number of hydrogen-bond donors (Lipinski definition) is 3. The van der Waals surface area contributed by atoms with Gasteiger partial charge in [0.1, 0.15) is 11.8 Å². The Hall–Kier alpha value is -2.69. The molecule has 26 heavy (non-hydrogen) atoms. The van der Waals surface area contributed by atoms with Gasteiger partial charge in [-0.05, 0) is 17.7 Å². The Balaban J connectivity index is 2.20. The van der Waals surface area contributed by atoms with Crippen LogP contribution in [0, 0.1) is 23.2 Å². The summed E-state index contributed by atoms with van der Waals surface area (Å²) in [6.07, 6.45) is 0. The fraction of sp³-hybridized carbons (Fsp3) is 0.211. The number of aliphatic hydroxyl groups is 1. The van der Waals surface area contributed by atoms with Gasteiger partial charge in [0.25, 0.3) is 0 Å². The van der Waals surface area contributed by atoms with E-state index < -0.39 is 35.3 Å². The molecular formula is C19H16BrN3O3. The maximum absolute atomic E-state index is 12.7. The number of nitriles is 1. The second kappa shape index (κ2) is 6.90. The van der Waals surface area contributed by atoms with Gasteiger partial charge < -0.3 is 16.2 Å². The summed E-state index contributed by atoms with van der Waals surface area (Å²) in [5.74, 6) is -4.83. The molecule has 1 aliphatic heterocycles. The van der Waals surface area contributed by atoms with E-state index in [-0.39, 0.29) is 0 Å². The molecule has 1 fully saturated rings. The predicted octanol–water partition coefficient (Wildman–Crippen LogP) is 1.75. The Morgan fingerprint density at radius 1 is 1.23 bits per heavy atom. The van der Waals surface area contributed by atoms with E-state index in [4.69, 9.17) is 5.73 Å². The molecule has 0 aliphatic carbocycles. The van der Waals surface area contributed by atoms with Gasteiger partial charge in [-0.2, -0.15) is 5.26 Å². The van der Waals surface area contributed by atoms with E-state index in [0.29, 0.717) is 11.1 Å². The van der Waals surface area contributed by atoms with Crippen LogP contribution in [0.1, 0.15) is 17.0 Å². The van der Waals surface area contributed by atoms with Crippen molar-refractivity contribution >= 4 is 27.7 Å². The summed E-state index contributed by atoms with van der Waals surface area (Å²) in [4.78, 5) is 24.7. The number of carbonyl (C=O) groups excluding carboxylic acids is 2. The number of primary amides is 1. The molecule has 2 aromatic carbocycles. The fourth-order valence-corrected chi connectivity index (χ4v) is 3.90. The Morgan fingerprint density at radius 3 is 2.50 bits per heavy atom. The number of nitrogens with two attached hydrogens (primary N) is 1. The van der Waals surface area contributed by atoms with E-state index in [9.17, 15) is 20.0 Å². The lowest BCUT2D eigenvalue weighted by atomic mass is 9.67. The predicted molar refractivity (Wildman–Crippen MR) is 97.2 cm³/mol. The van der Waals surface area contributed by atoms with Crippen molar-refractivity contribution in [1.82, 2.24) is 5.32 Å². The topological polar surface area (TPSA) is 116 Å². The summed E-state index contributed by atoms with van der Waals surface area (Å²) in [5.41, 5.74) is 4.46. The third-order valence-electron chi connectivity index (χ3n) is 4.66. The number of halogens is 1. The molecule has 0 aromatic heterocycles. The zero-order chi connectivity index (χ0) is 18.9. The third-order valence-corrected chi connectivity index (χ3v) is 5.15. The van der Waals surface area contributed by atoms with E-state index in [1.165, 1.54) is 0 Å². The van der Waals surface area contributed by atoms with Crippen LogP contribution in [0.25, 0.3) is 0 Å². The van der Waals surface area contributed by atoms with Crippen molar-refractivity contribution in [2.45, 2.75) is 11.6 Å². The SMILES string of the molecule is N#C[C@H]1[C@@H](c2cccc(Br)c2)[C@@H](C(N)=O)C(=O)N[C@@]1(O)c1ccccc1. The lowest BCUT2D eigenvalue weighted by Crippen LogP contribution is -2.62. The second-order valence-electron chi connectivity index (χ2n) is 6.19. The van der Waals surface area contributed by atoms with Crippen LogP contribution in [0.2, 0.25) is 0 Å². The van der Waals surface area contributed by atoms with Crippen molar-refractivity contribution < 1.29 is 14.7 Å². The molecule has 0 radical (unpaired) electrons. The number of nitrogens with one attached hydrogen (secondary N) is 1. The van der Waals surface area contributed by atoms with Crippen LogP contribution in [0.5, 0.6) is 0 Å². The normalized spacial score (nSPS) is 28.0. The molecular weight excluding hydrogens is 398 g/mol. The van der Waals surface area contributed by atoms with Gasteiger partial charge in [0.15, 0.2) is 5.72 Å². The smallest absolute Gasteiger partial charge is 0.235 e. The van der Waals surface area contributed by atoms with E-state index >= 15 is 0 Å². The van der Waals surface area contributed by atoms with E-state index in [1.54, 1.807) is 54.6 Å². The Kier molecular flexibility index (Phi) is 4.81. The lowest BCUT2D eigenvalue weighted by molar-refractivity contribution is -0.153. The highest BCUT2D eigenvalue weighted by Crippen LogP contribution is 2.45. The Morgan fingerprint density at radius 2 is 1.92 bits per heavy atom. The van der Waals surface area contributed by atoms with Crippen molar-refractivity contribution in [1.29, 1.82) is 5.26 Å². The highest BCUT2D eigenvalue weighted by atomic mass is 79.9. The summed E-state index contributed by atoms with van der Waals surface area (Å²) in [7, 11) is 0. The van der Waals surface area contributed by atoms with E-state index in [0.717, 1.165) is 4.47 Å². The van der Waals surface area contributed by atoms with Gasteiger partial charge in [0.05, 0.1) is 6.07 Å². The summed E-state index contributed by atoms with van der Waals surface area (Å²) in [6, 6.07) is 17.4. The van der Waals surface area contributed by atoms with Gasteiger partial charge in [-0.25, -0.2) is 0 Å². The van der Waals surface area contributed by atoms with Gasteiger partial charge in [-0.15, -0.1) is 0 Å². The molecule has 7 heteroatoms. The standard InChI is InChI=1S/C19H16BrN3O3/c20-13-8-4-5-11(9-13)15-14(10-21)19(26,12-6-2-1-3-7-12)23-18(25)16(15)17(22)24/h1-9,14-16,26H,(H2,22,24)(H,23,25)/t14-,15+,16-,19+/m0/s1. The number of hydrogen-bond acceptors (Lipinski definition) is 4. The van der Waals surface area contributed by atoms with Crippen LogP contribution < -0.4 is 11.1 Å². The molecule has 3 rings (SSSR count). The molecule has 0 saturated carbocycles. The number of rotatable bonds is 3. The first-order valence-electron chi connectivity index (χ1n) is 7.93. The minimum absolute atomic E-state index is 0.364.